The van der Waals surface area contributed by atoms with Crippen LogP contribution in [-0.2, 0) is 0 Å². The van der Waals surface area contributed by atoms with Crippen LogP contribution in [0, 0.1) is 5.82 Å². The molecular formula is C29H21Cl2FN4O3S. The van der Waals surface area contributed by atoms with Crippen LogP contribution in [-0.4, -0.2) is 38.1 Å². The molecule has 0 bridgehead atoms. The topological polar surface area (TPSA) is 91.5 Å². The summed E-state index contributed by atoms with van der Waals surface area (Å²) in [4.78, 5) is 12.1. The summed E-state index contributed by atoms with van der Waals surface area (Å²) < 4.78 is 15.9. The van der Waals surface area contributed by atoms with Crippen LogP contribution in [0.2, 0.25) is 10.0 Å². The number of carboxylic acid groups (broad SMARTS) is 1. The summed E-state index contributed by atoms with van der Waals surface area (Å²) in [6, 6.07) is 25.3. The maximum absolute atomic E-state index is 14.2. The number of hydrogen-bond donors (Lipinski definition) is 2. The normalized spacial score (nSPS) is 11.2. The third-order valence-electron chi connectivity index (χ3n) is 6.10. The van der Waals surface area contributed by atoms with Crippen molar-refractivity contribution in [2.45, 2.75) is 10.4 Å². The molecule has 5 aromatic rings. The summed E-state index contributed by atoms with van der Waals surface area (Å²) in [5, 5.41) is 30.7. The molecule has 0 spiro atoms. The van der Waals surface area contributed by atoms with Crippen molar-refractivity contribution in [1.29, 1.82) is 0 Å². The van der Waals surface area contributed by atoms with Gasteiger partial charge in [-0.15, -0.1) is 10.2 Å². The quantitative estimate of drug-likeness (QED) is 0.140. The minimum absolute atomic E-state index is 0.103. The van der Waals surface area contributed by atoms with Crippen LogP contribution >= 0.6 is 35.0 Å². The summed E-state index contributed by atoms with van der Waals surface area (Å²) in [7, 11) is 1.34. The number of rotatable bonds is 8. The third-order valence-corrected chi connectivity index (χ3v) is 7.86. The molecule has 202 valence electrons. The minimum atomic E-state index is -1.23. The van der Waals surface area contributed by atoms with Crippen LogP contribution in [0.3, 0.4) is 0 Å². The van der Waals surface area contributed by atoms with Crippen molar-refractivity contribution in [3.05, 3.63) is 124 Å². The van der Waals surface area contributed by atoms with Gasteiger partial charge in [0.15, 0.2) is 11.0 Å². The minimum Gasteiger partial charge on any atom is -0.478 e. The molecule has 1 heterocycles. The lowest BCUT2D eigenvalue weighted by atomic mass is 10.0. The molecule has 4 aromatic carbocycles. The lowest BCUT2D eigenvalue weighted by Crippen LogP contribution is -2.15. The zero-order valence-electron chi connectivity index (χ0n) is 20.9. The number of anilines is 1. The molecule has 0 atom stereocenters. The molecule has 5 rings (SSSR count). The van der Waals surface area contributed by atoms with Crippen molar-refractivity contribution in [3.8, 4) is 17.1 Å². The van der Waals surface area contributed by atoms with E-state index in [4.69, 9.17) is 23.2 Å². The van der Waals surface area contributed by atoms with Crippen molar-refractivity contribution in [2.75, 3.05) is 12.1 Å². The van der Waals surface area contributed by atoms with Gasteiger partial charge < -0.3 is 5.11 Å². The van der Waals surface area contributed by atoms with Gasteiger partial charge in [0.25, 0.3) is 0 Å². The van der Waals surface area contributed by atoms with Gasteiger partial charge in [0.1, 0.15) is 5.82 Å². The SMILES string of the molecule is CN(O)c1ccc(-n2c(SC(c3ccc(Cl)cc3)c3ccc(Cl)cc3)nnc2-c2cccc(F)c2)cc1C(=O)O. The molecule has 0 radical (unpaired) electrons. The van der Waals surface area contributed by atoms with Crippen LogP contribution in [0.5, 0.6) is 0 Å². The first kappa shape index (κ1) is 27.7. The number of carboxylic acids is 1. The zero-order chi connectivity index (χ0) is 28.4. The summed E-state index contributed by atoms with van der Waals surface area (Å²) >= 11 is 13.7. The second kappa shape index (κ2) is 11.7. The van der Waals surface area contributed by atoms with Gasteiger partial charge in [0.05, 0.1) is 22.2 Å². The van der Waals surface area contributed by atoms with E-state index in [1.165, 1.54) is 43.1 Å². The van der Waals surface area contributed by atoms with Gasteiger partial charge in [0.2, 0.25) is 0 Å². The Labute approximate surface area is 243 Å². The highest BCUT2D eigenvalue weighted by Gasteiger charge is 2.24. The molecule has 0 aliphatic carbocycles. The fraction of sp³-hybridized carbons (Fsp3) is 0.0690. The Balaban J connectivity index is 1.70. The van der Waals surface area contributed by atoms with Crippen LogP contribution in [0.1, 0.15) is 26.7 Å². The molecule has 0 fully saturated rings. The molecule has 0 aliphatic heterocycles. The highest BCUT2D eigenvalue weighted by Crippen LogP contribution is 2.42. The second-order valence-corrected chi connectivity index (χ2v) is 10.7. The predicted octanol–water partition coefficient (Wildman–Crippen LogP) is 7.79. The number of benzene rings is 4. The molecule has 11 heteroatoms. The monoisotopic (exact) mass is 594 g/mol. The number of carbonyl (C=O) groups is 1. The molecule has 1 aromatic heterocycles. The van der Waals surface area contributed by atoms with Crippen molar-refractivity contribution in [3.63, 3.8) is 0 Å². The van der Waals surface area contributed by atoms with E-state index in [2.05, 4.69) is 10.2 Å². The summed E-state index contributed by atoms with van der Waals surface area (Å²) in [6.07, 6.45) is 0. The Morgan fingerprint density at radius 1 is 0.925 bits per heavy atom. The molecule has 0 saturated carbocycles. The maximum Gasteiger partial charge on any atom is 0.337 e. The number of thioether (sulfide) groups is 1. The summed E-state index contributed by atoms with van der Waals surface area (Å²) in [6.45, 7) is 0. The average Bonchev–Trinajstić information content (AvgIpc) is 3.36. The molecule has 7 nitrogen and oxygen atoms in total. The molecule has 2 N–H and O–H groups in total. The second-order valence-electron chi connectivity index (χ2n) is 8.78. The zero-order valence-corrected chi connectivity index (χ0v) is 23.2. The van der Waals surface area contributed by atoms with E-state index in [9.17, 15) is 19.5 Å². The number of aromatic carboxylic acids is 1. The molecule has 0 amide bonds. The van der Waals surface area contributed by atoms with E-state index < -0.39 is 11.8 Å². The largest absolute Gasteiger partial charge is 0.478 e. The van der Waals surface area contributed by atoms with E-state index in [0.717, 1.165) is 16.2 Å². The standard InChI is InChI=1S/C29H21Cl2FN4O3S/c1-35(39)25-14-13-23(16-24(25)28(37)38)36-27(19-3-2-4-22(32)15-19)33-34-29(36)40-26(17-5-9-20(30)10-6-17)18-7-11-21(31)12-8-18/h2-16,26,39H,1H3,(H,37,38). The highest BCUT2D eigenvalue weighted by molar-refractivity contribution is 7.99. The van der Waals surface area contributed by atoms with Crippen molar-refractivity contribution < 1.29 is 19.5 Å². The van der Waals surface area contributed by atoms with E-state index in [-0.39, 0.29) is 16.5 Å². The molecule has 0 unspecified atom stereocenters. The predicted molar refractivity (Wildman–Crippen MR) is 155 cm³/mol. The first-order valence-corrected chi connectivity index (χ1v) is 13.5. The Hall–Kier alpha value is -3.89. The smallest absolute Gasteiger partial charge is 0.337 e. The van der Waals surface area contributed by atoms with Crippen molar-refractivity contribution >= 4 is 46.6 Å². The van der Waals surface area contributed by atoms with E-state index in [0.29, 0.717) is 32.3 Å². The van der Waals surface area contributed by atoms with E-state index >= 15 is 0 Å². The van der Waals surface area contributed by atoms with Gasteiger partial charge in [0, 0.05) is 22.7 Å². The number of hydrogen-bond acceptors (Lipinski definition) is 6. The molecular weight excluding hydrogens is 574 g/mol. The van der Waals surface area contributed by atoms with Crippen LogP contribution in [0.25, 0.3) is 17.1 Å². The van der Waals surface area contributed by atoms with Gasteiger partial charge in [-0.3, -0.25) is 14.8 Å². The van der Waals surface area contributed by atoms with Gasteiger partial charge in [-0.1, -0.05) is 71.4 Å². The Bertz CT molecular complexity index is 1630. The average molecular weight is 595 g/mol. The molecule has 0 saturated heterocycles. The number of nitrogens with zero attached hydrogens (tertiary/aromatic N) is 4. The third kappa shape index (κ3) is 5.83. The van der Waals surface area contributed by atoms with Crippen molar-refractivity contribution in [1.82, 2.24) is 14.8 Å². The number of aromatic nitrogens is 3. The Kier molecular flexibility index (Phi) is 8.09. The fourth-order valence-electron chi connectivity index (χ4n) is 4.22. The fourth-order valence-corrected chi connectivity index (χ4v) is 5.65. The highest BCUT2D eigenvalue weighted by atomic mass is 35.5. The lowest BCUT2D eigenvalue weighted by molar-refractivity contribution is 0.0695. The van der Waals surface area contributed by atoms with E-state index in [1.54, 1.807) is 47.0 Å². The van der Waals surface area contributed by atoms with Crippen LogP contribution in [0.15, 0.2) is 96.2 Å². The molecule has 40 heavy (non-hydrogen) atoms. The van der Waals surface area contributed by atoms with Gasteiger partial charge in [-0.25, -0.2) is 9.18 Å². The summed E-state index contributed by atoms with van der Waals surface area (Å²) in [5.74, 6) is -1.37. The first-order valence-electron chi connectivity index (χ1n) is 11.9. The van der Waals surface area contributed by atoms with Crippen LogP contribution < -0.4 is 5.06 Å². The molecule has 0 aliphatic rings. The number of hydroxylamine groups is 1. The Morgan fingerprint density at radius 3 is 2.10 bits per heavy atom. The Morgan fingerprint density at radius 2 is 1.55 bits per heavy atom. The van der Waals surface area contributed by atoms with Gasteiger partial charge in [-0.05, 0) is 65.7 Å². The maximum atomic E-state index is 14.2. The number of halogens is 3. The van der Waals surface area contributed by atoms with Crippen LogP contribution in [0.4, 0.5) is 10.1 Å². The summed E-state index contributed by atoms with van der Waals surface area (Å²) in [5.41, 5.74) is 2.70. The van der Waals surface area contributed by atoms with Gasteiger partial charge >= 0.3 is 5.97 Å². The van der Waals surface area contributed by atoms with Crippen molar-refractivity contribution in [2.24, 2.45) is 0 Å². The van der Waals surface area contributed by atoms with Gasteiger partial charge in [-0.2, -0.15) is 0 Å². The lowest BCUT2D eigenvalue weighted by Gasteiger charge is -2.20. The first-order chi connectivity index (χ1) is 19.2. The van der Waals surface area contributed by atoms with E-state index in [1.807, 2.05) is 24.3 Å².